The molecule has 0 aliphatic carbocycles. The lowest BCUT2D eigenvalue weighted by Gasteiger charge is -2.23. The number of amides is 1. The van der Waals surface area contributed by atoms with Crippen molar-refractivity contribution < 1.29 is 13.2 Å². The Morgan fingerprint density at radius 1 is 1.13 bits per heavy atom. The standard InChI is InChI=1S/C23H26N4O3S/c1-16-7-8-20-19(13-16)21(25-10-9-24-17(2)28)14-23(26-20)27-11-12-31(29,30)22-6-4-3-5-18(22)15-27/h3-8,13-14H,9-12,15H2,1-2H3,(H,24,28)(H,25,26). The van der Waals surface area contributed by atoms with Gasteiger partial charge in [0.1, 0.15) is 5.82 Å². The molecule has 1 amide bonds. The lowest BCUT2D eigenvalue weighted by Crippen LogP contribution is -2.27. The zero-order valence-corrected chi connectivity index (χ0v) is 18.5. The second-order valence-electron chi connectivity index (χ2n) is 7.81. The summed E-state index contributed by atoms with van der Waals surface area (Å²) in [6, 6.07) is 15.2. The van der Waals surface area contributed by atoms with E-state index in [0.717, 1.165) is 33.5 Å². The van der Waals surface area contributed by atoms with Gasteiger partial charge in [-0.3, -0.25) is 4.79 Å². The molecule has 0 saturated carbocycles. The van der Waals surface area contributed by atoms with E-state index in [0.29, 0.717) is 31.1 Å². The number of rotatable bonds is 5. The predicted molar refractivity (Wildman–Crippen MR) is 123 cm³/mol. The minimum Gasteiger partial charge on any atom is -0.383 e. The average Bonchev–Trinajstić information content (AvgIpc) is 2.87. The Hall–Kier alpha value is -3.13. The third kappa shape index (κ3) is 4.64. The van der Waals surface area contributed by atoms with Gasteiger partial charge in [0, 0.05) is 50.2 Å². The fourth-order valence-corrected chi connectivity index (χ4v) is 5.33. The molecule has 0 saturated heterocycles. The maximum absolute atomic E-state index is 12.7. The van der Waals surface area contributed by atoms with Crippen molar-refractivity contribution in [2.45, 2.75) is 25.3 Å². The normalized spacial score (nSPS) is 15.2. The molecule has 0 spiro atoms. The third-order valence-corrected chi connectivity index (χ3v) is 7.18. The largest absolute Gasteiger partial charge is 0.383 e. The molecule has 0 fully saturated rings. The first-order valence-corrected chi connectivity index (χ1v) is 11.9. The van der Waals surface area contributed by atoms with Gasteiger partial charge in [-0.05, 0) is 30.7 Å². The molecule has 4 rings (SSSR count). The second kappa shape index (κ2) is 8.55. The first kappa shape index (κ1) is 21.1. The van der Waals surface area contributed by atoms with Crippen molar-refractivity contribution in [2.24, 2.45) is 0 Å². The Bertz CT molecular complexity index is 1240. The Balaban J connectivity index is 1.70. The molecule has 1 aliphatic rings. The van der Waals surface area contributed by atoms with Crippen molar-refractivity contribution in [3.8, 4) is 0 Å². The summed E-state index contributed by atoms with van der Waals surface area (Å²) in [5.41, 5.74) is 3.66. The number of carbonyl (C=O) groups is 1. The van der Waals surface area contributed by atoms with E-state index in [-0.39, 0.29) is 11.7 Å². The molecule has 3 aromatic rings. The maximum atomic E-state index is 12.7. The molecule has 31 heavy (non-hydrogen) atoms. The summed E-state index contributed by atoms with van der Waals surface area (Å²) in [7, 11) is -3.33. The van der Waals surface area contributed by atoms with Gasteiger partial charge in [-0.25, -0.2) is 13.4 Å². The lowest BCUT2D eigenvalue weighted by molar-refractivity contribution is -0.118. The van der Waals surface area contributed by atoms with Gasteiger partial charge in [-0.2, -0.15) is 0 Å². The van der Waals surface area contributed by atoms with Crippen LogP contribution in [0.5, 0.6) is 0 Å². The molecule has 1 aliphatic heterocycles. The summed E-state index contributed by atoms with van der Waals surface area (Å²) in [5.74, 6) is 0.704. The van der Waals surface area contributed by atoms with Crippen molar-refractivity contribution in [1.82, 2.24) is 10.3 Å². The number of nitrogens with one attached hydrogen (secondary N) is 2. The molecule has 2 heterocycles. The van der Waals surface area contributed by atoms with E-state index in [1.54, 1.807) is 12.1 Å². The maximum Gasteiger partial charge on any atom is 0.216 e. The monoisotopic (exact) mass is 438 g/mol. The Kier molecular flexibility index (Phi) is 5.82. The van der Waals surface area contributed by atoms with Gasteiger partial charge in [-0.15, -0.1) is 0 Å². The van der Waals surface area contributed by atoms with Gasteiger partial charge in [-0.1, -0.05) is 29.8 Å². The number of hydrogen-bond acceptors (Lipinski definition) is 6. The quantitative estimate of drug-likeness (QED) is 0.595. The molecular formula is C23H26N4O3S. The highest BCUT2D eigenvalue weighted by molar-refractivity contribution is 7.91. The third-order valence-electron chi connectivity index (χ3n) is 5.39. The van der Waals surface area contributed by atoms with E-state index in [1.807, 2.05) is 42.2 Å². The zero-order valence-electron chi connectivity index (χ0n) is 17.7. The van der Waals surface area contributed by atoms with Crippen LogP contribution in [0.3, 0.4) is 0 Å². The number of anilines is 2. The van der Waals surface area contributed by atoms with E-state index in [4.69, 9.17) is 4.98 Å². The second-order valence-corrected chi connectivity index (χ2v) is 9.88. The molecule has 7 nitrogen and oxygen atoms in total. The summed E-state index contributed by atoms with van der Waals surface area (Å²) >= 11 is 0. The molecule has 0 unspecified atom stereocenters. The predicted octanol–water partition coefficient (Wildman–Crippen LogP) is 2.89. The minimum atomic E-state index is -3.33. The van der Waals surface area contributed by atoms with Gasteiger partial charge < -0.3 is 15.5 Å². The van der Waals surface area contributed by atoms with Crippen LogP contribution < -0.4 is 15.5 Å². The molecule has 1 aromatic heterocycles. The molecule has 162 valence electrons. The van der Waals surface area contributed by atoms with E-state index in [9.17, 15) is 13.2 Å². The highest BCUT2D eigenvalue weighted by atomic mass is 32.2. The molecule has 8 heteroatoms. The molecule has 2 aromatic carbocycles. The van der Waals surface area contributed by atoms with Crippen molar-refractivity contribution in [1.29, 1.82) is 0 Å². The number of hydrogen-bond donors (Lipinski definition) is 2. The van der Waals surface area contributed by atoms with Gasteiger partial charge in [0.2, 0.25) is 5.91 Å². The van der Waals surface area contributed by atoms with Crippen LogP contribution in [0.2, 0.25) is 0 Å². The van der Waals surface area contributed by atoms with E-state index >= 15 is 0 Å². The van der Waals surface area contributed by atoms with E-state index < -0.39 is 9.84 Å². The lowest BCUT2D eigenvalue weighted by atomic mass is 10.1. The van der Waals surface area contributed by atoms with Crippen molar-refractivity contribution in [3.63, 3.8) is 0 Å². The topological polar surface area (TPSA) is 91.4 Å². The molecule has 0 bridgehead atoms. The fraction of sp³-hybridized carbons (Fsp3) is 0.304. The number of sulfone groups is 1. The Morgan fingerprint density at radius 3 is 2.74 bits per heavy atom. The van der Waals surface area contributed by atoms with Crippen LogP contribution >= 0.6 is 0 Å². The number of carbonyl (C=O) groups excluding carboxylic acids is 1. The summed E-state index contributed by atoms with van der Waals surface area (Å²) in [6.45, 7) is 5.45. The van der Waals surface area contributed by atoms with Gasteiger partial charge in [0.05, 0.1) is 16.2 Å². The fourth-order valence-electron chi connectivity index (χ4n) is 3.83. The number of fused-ring (bicyclic) bond motifs is 2. The van der Waals surface area contributed by atoms with Crippen molar-refractivity contribution in [2.75, 3.05) is 35.6 Å². The van der Waals surface area contributed by atoms with E-state index in [1.165, 1.54) is 6.92 Å². The highest BCUT2D eigenvalue weighted by Crippen LogP contribution is 2.31. The molecular weight excluding hydrogens is 412 g/mol. The summed E-state index contributed by atoms with van der Waals surface area (Å²) in [6.07, 6.45) is 0. The summed E-state index contributed by atoms with van der Waals surface area (Å²) in [5, 5.41) is 7.18. The van der Waals surface area contributed by atoms with Crippen LogP contribution in [-0.4, -0.2) is 44.7 Å². The SMILES string of the molecule is CC(=O)NCCNc1cc(N2CCS(=O)(=O)c3ccccc3C2)nc2ccc(C)cc12. The van der Waals surface area contributed by atoms with Gasteiger partial charge in [0.15, 0.2) is 9.84 Å². The van der Waals surface area contributed by atoms with Crippen LogP contribution in [-0.2, 0) is 21.2 Å². The summed E-state index contributed by atoms with van der Waals surface area (Å²) in [4.78, 5) is 18.4. The van der Waals surface area contributed by atoms with Crippen LogP contribution in [0.25, 0.3) is 10.9 Å². The van der Waals surface area contributed by atoms with Crippen molar-refractivity contribution in [3.05, 3.63) is 59.7 Å². The Morgan fingerprint density at radius 2 is 1.94 bits per heavy atom. The van der Waals surface area contributed by atoms with Crippen LogP contribution in [0.15, 0.2) is 53.4 Å². The van der Waals surface area contributed by atoms with E-state index in [2.05, 4.69) is 16.7 Å². The zero-order chi connectivity index (χ0) is 22.0. The number of aryl methyl sites for hydroxylation is 1. The number of pyridine rings is 1. The molecule has 2 N–H and O–H groups in total. The van der Waals surface area contributed by atoms with Crippen LogP contribution in [0.1, 0.15) is 18.1 Å². The first-order chi connectivity index (χ1) is 14.8. The summed E-state index contributed by atoms with van der Waals surface area (Å²) < 4.78 is 25.4. The van der Waals surface area contributed by atoms with Gasteiger partial charge in [0.25, 0.3) is 0 Å². The highest BCUT2D eigenvalue weighted by Gasteiger charge is 2.26. The minimum absolute atomic E-state index is 0.0446. The number of aromatic nitrogens is 1. The number of benzene rings is 2. The molecule has 0 radical (unpaired) electrons. The Labute approximate surface area is 182 Å². The smallest absolute Gasteiger partial charge is 0.216 e. The number of nitrogens with zero attached hydrogens (tertiary/aromatic N) is 2. The van der Waals surface area contributed by atoms with Gasteiger partial charge >= 0.3 is 0 Å². The molecule has 0 atom stereocenters. The van der Waals surface area contributed by atoms with Crippen LogP contribution in [0.4, 0.5) is 11.5 Å². The van der Waals surface area contributed by atoms with Crippen molar-refractivity contribution >= 4 is 38.2 Å². The first-order valence-electron chi connectivity index (χ1n) is 10.3. The van der Waals surface area contributed by atoms with Crippen LogP contribution in [0, 0.1) is 6.92 Å². The average molecular weight is 439 g/mol.